The Bertz CT molecular complexity index is 1280. The van der Waals surface area contributed by atoms with Crippen LogP contribution in [0.5, 0.6) is 5.75 Å². The smallest absolute Gasteiger partial charge is 0.345 e. The number of benzene rings is 4. The molecule has 0 bridgehead atoms. The summed E-state index contributed by atoms with van der Waals surface area (Å²) in [5.74, 6) is -0.449. The second-order valence-corrected chi connectivity index (χ2v) is 7.07. The highest BCUT2D eigenvalue weighted by Gasteiger charge is 2.12. The Morgan fingerprint density at radius 3 is 2.29 bits per heavy atom. The van der Waals surface area contributed by atoms with Crippen LogP contribution in [0.15, 0.2) is 96.1 Å². The maximum atomic E-state index is 12.5. The number of amides is 1. The Balaban J connectivity index is 1.39. The first kappa shape index (κ1) is 20.3. The lowest BCUT2D eigenvalue weighted by atomic mass is 10.0. The van der Waals surface area contributed by atoms with Crippen molar-refractivity contribution in [3.05, 3.63) is 113 Å². The number of hydrazone groups is 1. The van der Waals surface area contributed by atoms with Crippen LogP contribution in [0.3, 0.4) is 0 Å². The summed E-state index contributed by atoms with van der Waals surface area (Å²) in [6.07, 6.45) is 1.52. The minimum atomic E-state index is -0.533. The van der Waals surface area contributed by atoms with Crippen LogP contribution < -0.4 is 10.2 Å². The standard InChI is InChI=1S/C25H17ClN2O3/c26-23-11-4-3-9-22(23)25(30)31-19-14-12-17(13-15-19)16-27-28-24(29)21-10-5-7-18-6-1-2-8-20(18)21/h1-16H,(H,28,29). The zero-order valence-corrected chi connectivity index (χ0v) is 17.0. The number of nitrogens with one attached hydrogen (secondary N) is 1. The summed E-state index contributed by atoms with van der Waals surface area (Å²) in [5, 5.41) is 6.21. The van der Waals surface area contributed by atoms with Crippen LogP contribution in [0.25, 0.3) is 10.8 Å². The van der Waals surface area contributed by atoms with Gasteiger partial charge >= 0.3 is 5.97 Å². The quantitative estimate of drug-likeness (QED) is 0.198. The molecule has 6 heteroatoms. The zero-order chi connectivity index (χ0) is 21.6. The van der Waals surface area contributed by atoms with Gasteiger partial charge in [0.25, 0.3) is 5.91 Å². The van der Waals surface area contributed by atoms with Crippen molar-refractivity contribution in [1.29, 1.82) is 0 Å². The summed E-state index contributed by atoms with van der Waals surface area (Å²) < 4.78 is 5.34. The van der Waals surface area contributed by atoms with Crippen molar-refractivity contribution < 1.29 is 14.3 Å². The number of halogens is 1. The average Bonchev–Trinajstić information content (AvgIpc) is 2.80. The lowest BCUT2D eigenvalue weighted by Gasteiger charge is -2.06. The van der Waals surface area contributed by atoms with Gasteiger partial charge in [-0.15, -0.1) is 0 Å². The van der Waals surface area contributed by atoms with Gasteiger partial charge in [-0.25, -0.2) is 10.2 Å². The van der Waals surface area contributed by atoms with Crippen molar-refractivity contribution in [3.8, 4) is 5.75 Å². The Hall–Kier alpha value is -3.96. The second kappa shape index (κ2) is 9.24. The van der Waals surface area contributed by atoms with Crippen molar-refractivity contribution in [2.75, 3.05) is 0 Å². The second-order valence-electron chi connectivity index (χ2n) is 6.66. The van der Waals surface area contributed by atoms with Gasteiger partial charge in [0.15, 0.2) is 0 Å². The third kappa shape index (κ3) is 4.79. The number of rotatable bonds is 5. The highest BCUT2D eigenvalue weighted by molar-refractivity contribution is 6.33. The molecule has 0 saturated heterocycles. The van der Waals surface area contributed by atoms with Crippen LogP contribution in [0.1, 0.15) is 26.3 Å². The van der Waals surface area contributed by atoms with Gasteiger partial charge in [0.05, 0.1) is 16.8 Å². The van der Waals surface area contributed by atoms with Crippen molar-refractivity contribution in [1.82, 2.24) is 5.43 Å². The zero-order valence-electron chi connectivity index (χ0n) is 16.3. The summed E-state index contributed by atoms with van der Waals surface area (Å²) >= 11 is 6.02. The van der Waals surface area contributed by atoms with E-state index in [9.17, 15) is 9.59 Å². The first-order valence-electron chi connectivity index (χ1n) is 9.50. The van der Waals surface area contributed by atoms with Crippen LogP contribution in [0, 0.1) is 0 Å². The van der Waals surface area contributed by atoms with Crippen molar-refractivity contribution >= 4 is 40.5 Å². The number of ether oxygens (including phenoxy) is 1. The van der Waals surface area contributed by atoms with E-state index in [4.69, 9.17) is 16.3 Å². The maximum absolute atomic E-state index is 12.5. The van der Waals surface area contributed by atoms with Crippen LogP contribution in [-0.4, -0.2) is 18.1 Å². The van der Waals surface area contributed by atoms with Gasteiger partial charge in [0, 0.05) is 5.56 Å². The fourth-order valence-corrected chi connectivity index (χ4v) is 3.27. The molecule has 0 unspecified atom stereocenters. The number of fused-ring (bicyclic) bond motifs is 1. The number of carbonyl (C=O) groups excluding carboxylic acids is 2. The fraction of sp³-hybridized carbons (Fsp3) is 0. The first-order chi connectivity index (χ1) is 15.1. The van der Waals surface area contributed by atoms with E-state index < -0.39 is 5.97 Å². The van der Waals surface area contributed by atoms with E-state index in [1.807, 2.05) is 36.4 Å². The highest BCUT2D eigenvalue weighted by atomic mass is 35.5. The minimum absolute atomic E-state index is 0.293. The summed E-state index contributed by atoms with van der Waals surface area (Å²) in [6, 6.07) is 26.6. The molecule has 0 radical (unpaired) electrons. The molecule has 0 aromatic heterocycles. The van der Waals surface area contributed by atoms with Gasteiger partial charge in [-0.2, -0.15) is 5.10 Å². The van der Waals surface area contributed by atoms with Gasteiger partial charge in [0.2, 0.25) is 0 Å². The van der Waals surface area contributed by atoms with Gasteiger partial charge in [-0.05, 0) is 58.8 Å². The Morgan fingerprint density at radius 1 is 0.806 bits per heavy atom. The largest absolute Gasteiger partial charge is 0.423 e. The van der Waals surface area contributed by atoms with Crippen LogP contribution in [0.2, 0.25) is 5.02 Å². The molecule has 0 atom stereocenters. The SMILES string of the molecule is O=C(Oc1ccc(C=NNC(=O)c2cccc3ccccc23)cc1)c1ccccc1Cl. The minimum Gasteiger partial charge on any atom is -0.423 e. The molecule has 4 aromatic carbocycles. The molecule has 152 valence electrons. The molecule has 4 aromatic rings. The molecule has 0 fully saturated rings. The predicted octanol–water partition coefficient (Wildman–Crippen LogP) is 5.48. The lowest BCUT2D eigenvalue weighted by molar-refractivity contribution is 0.0734. The van der Waals surface area contributed by atoms with Crippen molar-refractivity contribution in [2.45, 2.75) is 0 Å². The molecule has 4 rings (SSSR count). The molecule has 1 amide bonds. The van der Waals surface area contributed by atoms with Gasteiger partial charge in [0.1, 0.15) is 5.75 Å². The summed E-state index contributed by atoms with van der Waals surface area (Å²) in [6.45, 7) is 0. The monoisotopic (exact) mass is 428 g/mol. The molecule has 5 nitrogen and oxygen atoms in total. The lowest BCUT2D eigenvalue weighted by Crippen LogP contribution is -2.17. The molecule has 0 aliphatic rings. The first-order valence-corrected chi connectivity index (χ1v) is 9.87. The number of nitrogens with zero attached hydrogens (tertiary/aromatic N) is 1. The normalized spacial score (nSPS) is 10.9. The van der Waals surface area contributed by atoms with E-state index in [1.165, 1.54) is 6.21 Å². The topological polar surface area (TPSA) is 67.8 Å². The molecule has 31 heavy (non-hydrogen) atoms. The van der Waals surface area contributed by atoms with Crippen LogP contribution in [-0.2, 0) is 0 Å². The maximum Gasteiger partial charge on any atom is 0.345 e. The van der Waals surface area contributed by atoms with E-state index in [1.54, 1.807) is 54.6 Å². The third-order valence-electron chi connectivity index (χ3n) is 4.60. The number of hydrogen-bond acceptors (Lipinski definition) is 4. The average molecular weight is 429 g/mol. The van der Waals surface area contributed by atoms with E-state index >= 15 is 0 Å². The van der Waals surface area contributed by atoms with Gasteiger partial charge in [-0.3, -0.25) is 4.79 Å². The van der Waals surface area contributed by atoms with Crippen molar-refractivity contribution in [2.24, 2.45) is 5.10 Å². The van der Waals surface area contributed by atoms with Gasteiger partial charge in [-0.1, -0.05) is 60.1 Å². The summed E-state index contributed by atoms with van der Waals surface area (Å²) in [5.41, 5.74) is 4.13. The Labute approximate surface area is 183 Å². The number of carbonyl (C=O) groups is 2. The van der Waals surface area contributed by atoms with Crippen LogP contribution >= 0.6 is 11.6 Å². The molecule has 0 aliphatic heterocycles. The van der Waals surface area contributed by atoms with Crippen molar-refractivity contribution in [3.63, 3.8) is 0 Å². The predicted molar refractivity (Wildman–Crippen MR) is 122 cm³/mol. The van der Waals surface area contributed by atoms with Gasteiger partial charge < -0.3 is 4.74 Å². The molecule has 0 heterocycles. The molecule has 0 aliphatic carbocycles. The highest BCUT2D eigenvalue weighted by Crippen LogP contribution is 2.20. The summed E-state index contributed by atoms with van der Waals surface area (Å²) in [4.78, 5) is 24.7. The molecular formula is C25H17ClN2O3. The molecular weight excluding hydrogens is 412 g/mol. The molecule has 1 N–H and O–H groups in total. The van der Waals surface area contributed by atoms with E-state index in [0.717, 1.165) is 16.3 Å². The third-order valence-corrected chi connectivity index (χ3v) is 4.93. The van der Waals surface area contributed by atoms with E-state index in [0.29, 0.717) is 21.9 Å². The van der Waals surface area contributed by atoms with Crippen LogP contribution in [0.4, 0.5) is 0 Å². The number of esters is 1. The van der Waals surface area contributed by atoms with E-state index in [-0.39, 0.29) is 5.91 Å². The number of hydrogen-bond donors (Lipinski definition) is 1. The molecule has 0 spiro atoms. The molecule has 0 saturated carbocycles. The Morgan fingerprint density at radius 2 is 1.48 bits per heavy atom. The fourth-order valence-electron chi connectivity index (χ4n) is 3.06. The summed E-state index contributed by atoms with van der Waals surface area (Å²) in [7, 11) is 0. The Kier molecular flexibility index (Phi) is 6.05. The van der Waals surface area contributed by atoms with E-state index in [2.05, 4.69) is 10.5 Å².